The Kier molecular flexibility index (Phi) is 4.36. The number of benzene rings is 1. The summed E-state index contributed by atoms with van der Waals surface area (Å²) in [5.41, 5.74) is 1.70. The van der Waals surface area contributed by atoms with Crippen LogP contribution >= 0.6 is 0 Å². The summed E-state index contributed by atoms with van der Waals surface area (Å²) in [6.45, 7) is 2.34. The van der Waals surface area contributed by atoms with Crippen LogP contribution in [0.3, 0.4) is 0 Å². The first-order chi connectivity index (χ1) is 7.24. The summed E-state index contributed by atoms with van der Waals surface area (Å²) >= 11 is 0. The number of carbonyl (C=O) groups excluding carboxylic acids is 1. The molecule has 3 heteroatoms. The number of nitrogens with zero attached hydrogens (tertiary/aromatic N) is 1. The van der Waals surface area contributed by atoms with Crippen LogP contribution < -0.4 is 5.32 Å². The predicted molar refractivity (Wildman–Crippen MR) is 59.8 cm³/mol. The van der Waals surface area contributed by atoms with Gasteiger partial charge in [0, 0.05) is 24.2 Å². The molecule has 0 spiro atoms. The molecule has 0 radical (unpaired) electrons. The second-order valence-electron chi connectivity index (χ2n) is 3.32. The maximum absolute atomic E-state index is 11.0. The number of carbonyl (C=O) groups is 1. The van der Waals surface area contributed by atoms with Gasteiger partial charge < -0.3 is 5.32 Å². The number of hydrogen-bond acceptors (Lipinski definition) is 3. The van der Waals surface area contributed by atoms with Crippen LogP contribution in [0, 0.1) is 11.3 Å². The van der Waals surface area contributed by atoms with E-state index in [1.165, 1.54) is 0 Å². The summed E-state index contributed by atoms with van der Waals surface area (Å²) in [4.78, 5) is 11.0. The molecule has 1 aromatic carbocycles. The average Bonchev–Trinajstić information content (AvgIpc) is 2.25. The number of unbranched alkanes of at least 4 members (excludes halogenated alkanes) is 1. The van der Waals surface area contributed by atoms with Gasteiger partial charge in [0.15, 0.2) is 5.78 Å². The number of nitriles is 1. The number of ketones is 1. The minimum atomic E-state index is 0.0750. The first-order valence-corrected chi connectivity index (χ1v) is 4.96. The van der Waals surface area contributed by atoms with Crippen LogP contribution in [-0.4, -0.2) is 12.3 Å². The zero-order chi connectivity index (χ0) is 11.1. The van der Waals surface area contributed by atoms with Crippen LogP contribution in [0.25, 0.3) is 0 Å². The lowest BCUT2D eigenvalue weighted by Crippen LogP contribution is -2.01. The van der Waals surface area contributed by atoms with Gasteiger partial charge in [0.1, 0.15) is 0 Å². The van der Waals surface area contributed by atoms with E-state index in [0.29, 0.717) is 6.42 Å². The zero-order valence-corrected chi connectivity index (χ0v) is 8.79. The van der Waals surface area contributed by atoms with Gasteiger partial charge in [0.25, 0.3) is 0 Å². The molecule has 0 aliphatic carbocycles. The van der Waals surface area contributed by atoms with Crippen molar-refractivity contribution in [2.24, 2.45) is 0 Å². The van der Waals surface area contributed by atoms with Crippen molar-refractivity contribution >= 4 is 11.5 Å². The fourth-order valence-electron chi connectivity index (χ4n) is 1.22. The van der Waals surface area contributed by atoms with E-state index < -0.39 is 0 Å². The van der Waals surface area contributed by atoms with Crippen molar-refractivity contribution in [1.29, 1.82) is 5.26 Å². The quantitative estimate of drug-likeness (QED) is 0.589. The highest BCUT2D eigenvalue weighted by Crippen LogP contribution is 2.09. The Morgan fingerprint density at radius 3 is 2.60 bits per heavy atom. The third-order valence-corrected chi connectivity index (χ3v) is 2.09. The summed E-state index contributed by atoms with van der Waals surface area (Å²) in [7, 11) is 0. The first-order valence-electron chi connectivity index (χ1n) is 4.96. The fraction of sp³-hybridized carbons (Fsp3) is 0.333. The van der Waals surface area contributed by atoms with E-state index in [-0.39, 0.29) is 5.78 Å². The summed E-state index contributed by atoms with van der Waals surface area (Å²) in [5.74, 6) is 0.0750. The molecule has 0 saturated carbocycles. The molecule has 0 bridgehead atoms. The molecule has 15 heavy (non-hydrogen) atoms. The van der Waals surface area contributed by atoms with Crippen molar-refractivity contribution in [3.8, 4) is 6.07 Å². The Bertz CT molecular complexity index is 362. The smallest absolute Gasteiger partial charge is 0.159 e. The summed E-state index contributed by atoms with van der Waals surface area (Å²) in [5, 5.41) is 11.5. The monoisotopic (exact) mass is 202 g/mol. The van der Waals surface area contributed by atoms with E-state index in [0.717, 1.165) is 24.2 Å². The molecule has 1 aromatic rings. The normalized spacial score (nSPS) is 9.33. The highest BCUT2D eigenvalue weighted by atomic mass is 16.1. The Balaban J connectivity index is 2.43. The minimum absolute atomic E-state index is 0.0750. The standard InChI is InChI=1S/C12H14N2O/c1-10(15)11-4-6-12(7-5-11)14-9-3-2-8-13/h4-7,14H,2-3,9H2,1H3. The molecule has 0 heterocycles. The molecular formula is C12H14N2O. The van der Waals surface area contributed by atoms with Gasteiger partial charge in [-0.1, -0.05) is 0 Å². The molecule has 0 fully saturated rings. The predicted octanol–water partition coefficient (Wildman–Crippen LogP) is 2.60. The van der Waals surface area contributed by atoms with Crippen LogP contribution in [0.2, 0.25) is 0 Å². The lowest BCUT2D eigenvalue weighted by atomic mass is 10.1. The van der Waals surface area contributed by atoms with Crippen molar-refractivity contribution in [2.75, 3.05) is 11.9 Å². The molecule has 3 nitrogen and oxygen atoms in total. The van der Waals surface area contributed by atoms with Crippen LogP contribution in [0.1, 0.15) is 30.1 Å². The van der Waals surface area contributed by atoms with E-state index in [1.54, 1.807) is 19.1 Å². The maximum atomic E-state index is 11.0. The van der Waals surface area contributed by atoms with Gasteiger partial charge in [-0.15, -0.1) is 0 Å². The number of rotatable bonds is 5. The molecule has 0 aliphatic heterocycles. The molecule has 0 amide bonds. The van der Waals surface area contributed by atoms with E-state index in [4.69, 9.17) is 5.26 Å². The molecule has 0 atom stereocenters. The molecule has 1 N–H and O–H groups in total. The number of nitrogens with one attached hydrogen (secondary N) is 1. The summed E-state index contributed by atoms with van der Waals surface area (Å²) in [6.07, 6.45) is 1.41. The highest BCUT2D eigenvalue weighted by Gasteiger charge is 1.97. The van der Waals surface area contributed by atoms with Crippen molar-refractivity contribution in [3.05, 3.63) is 29.8 Å². The van der Waals surface area contributed by atoms with Gasteiger partial charge in [-0.3, -0.25) is 4.79 Å². The third-order valence-electron chi connectivity index (χ3n) is 2.09. The third kappa shape index (κ3) is 3.82. The van der Waals surface area contributed by atoms with Gasteiger partial charge >= 0.3 is 0 Å². The van der Waals surface area contributed by atoms with E-state index >= 15 is 0 Å². The highest BCUT2D eigenvalue weighted by molar-refractivity contribution is 5.94. The largest absolute Gasteiger partial charge is 0.385 e. The molecule has 0 aliphatic rings. The van der Waals surface area contributed by atoms with Gasteiger partial charge in [-0.25, -0.2) is 0 Å². The van der Waals surface area contributed by atoms with Crippen LogP contribution in [-0.2, 0) is 0 Å². The second kappa shape index (κ2) is 5.82. The first kappa shape index (κ1) is 11.3. The summed E-state index contributed by atoms with van der Waals surface area (Å²) in [6, 6.07) is 9.45. The molecule has 1 rings (SSSR count). The molecule has 0 unspecified atom stereocenters. The van der Waals surface area contributed by atoms with Gasteiger partial charge in [0.05, 0.1) is 6.07 Å². The van der Waals surface area contributed by atoms with Crippen molar-refractivity contribution < 1.29 is 4.79 Å². The topological polar surface area (TPSA) is 52.9 Å². The Morgan fingerprint density at radius 2 is 2.07 bits per heavy atom. The average molecular weight is 202 g/mol. The molecular weight excluding hydrogens is 188 g/mol. The molecule has 0 aromatic heterocycles. The number of hydrogen-bond donors (Lipinski definition) is 1. The Morgan fingerprint density at radius 1 is 1.40 bits per heavy atom. The van der Waals surface area contributed by atoms with Crippen LogP contribution in [0.5, 0.6) is 0 Å². The van der Waals surface area contributed by atoms with Crippen molar-refractivity contribution in [1.82, 2.24) is 0 Å². The lowest BCUT2D eigenvalue weighted by Gasteiger charge is -2.04. The second-order valence-corrected chi connectivity index (χ2v) is 3.32. The van der Waals surface area contributed by atoms with Crippen molar-refractivity contribution in [2.45, 2.75) is 19.8 Å². The van der Waals surface area contributed by atoms with Gasteiger partial charge in [-0.2, -0.15) is 5.26 Å². The number of anilines is 1. The minimum Gasteiger partial charge on any atom is -0.385 e. The van der Waals surface area contributed by atoms with E-state index in [9.17, 15) is 4.79 Å². The zero-order valence-electron chi connectivity index (χ0n) is 8.79. The van der Waals surface area contributed by atoms with E-state index in [2.05, 4.69) is 11.4 Å². The molecule has 78 valence electrons. The summed E-state index contributed by atoms with van der Waals surface area (Å²) < 4.78 is 0. The van der Waals surface area contributed by atoms with E-state index in [1.807, 2.05) is 12.1 Å². The van der Waals surface area contributed by atoms with Gasteiger partial charge in [-0.05, 0) is 37.6 Å². The fourth-order valence-corrected chi connectivity index (χ4v) is 1.22. The Labute approximate surface area is 89.7 Å². The van der Waals surface area contributed by atoms with Crippen LogP contribution in [0.4, 0.5) is 5.69 Å². The maximum Gasteiger partial charge on any atom is 0.159 e. The number of Topliss-reactive ketones (excluding diaryl/α,β-unsaturated/α-hetero) is 1. The lowest BCUT2D eigenvalue weighted by molar-refractivity contribution is 0.101. The van der Waals surface area contributed by atoms with Crippen LogP contribution in [0.15, 0.2) is 24.3 Å². The van der Waals surface area contributed by atoms with Crippen molar-refractivity contribution in [3.63, 3.8) is 0 Å². The van der Waals surface area contributed by atoms with Gasteiger partial charge in [0.2, 0.25) is 0 Å². The SMILES string of the molecule is CC(=O)c1ccc(NCCCC#N)cc1. The Hall–Kier alpha value is -1.82. The molecule has 0 saturated heterocycles.